The summed E-state index contributed by atoms with van der Waals surface area (Å²) < 4.78 is 5.12. The molecule has 0 fully saturated rings. The van der Waals surface area contributed by atoms with E-state index < -0.39 is 0 Å². The number of benzene rings is 2. The van der Waals surface area contributed by atoms with Crippen LogP contribution in [0.15, 0.2) is 42.5 Å². The first-order valence-corrected chi connectivity index (χ1v) is 6.93. The highest BCUT2D eigenvalue weighted by atomic mass is 16.5. The van der Waals surface area contributed by atoms with Crippen LogP contribution in [-0.4, -0.2) is 17.9 Å². The van der Waals surface area contributed by atoms with E-state index in [1.165, 1.54) is 5.56 Å². The van der Waals surface area contributed by atoms with Gasteiger partial charge in [0.15, 0.2) is 0 Å². The predicted octanol–water partition coefficient (Wildman–Crippen LogP) is 2.36. The molecular formula is C17H18N2O2. The minimum atomic E-state index is 0.134. The second-order valence-corrected chi connectivity index (χ2v) is 5.30. The Kier molecular flexibility index (Phi) is 3.52. The molecule has 2 N–H and O–H groups in total. The highest BCUT2D eigenvalue weighted by molar-refractivity contribution is 5.79. The predicted molar refractivity (Wildman–Crippen MR) is 81.8 cm³/mol. The van der Waals surface area contributed by atoms with Crippen molar-refractivity contribution in [2.75, 3.05) is 12.8 Å². The zero-order valence-electron chi connectivity index (χ0n) is 12.0. The summed E-state index contributed by atoms with van der Waals surface area (Å²) in [5.74, 6) is 0.935. The van der Waals surface area contributed by atoms with Crippen LogP contribution in [0.4, 0.5) is 5.69 Å². The lowest BCUT2D eigenvalue weighted by molar-refractivity contribution is -0.131. The van der Waals surface area contributed by atoms with E-state index in [0.717, 1.165) is 22.6 Å². The molecule has 4 nitrogen and oxygen atoms in total. The first kappa shape index (κ1) is 13.5. The summed E-state index contributed by atoms with van der Waals surface area (Å²) >= 11 is 0. The van der Waals surface area contributed by atoms with Crippen molar-refractivity contribution in [2.45, 2.75) is 19.5 Å². The zero-order valence-corrected chi connectivity index (χ0v) is 12.0. The maximum absolute atomic E-state index is 12.4. The summed E-state index contributed by atoms with van der Waals surface area (Å²) in [7, 11) is 1.63. The van der Waals surface area contributed by atoms with Crippen molar-refractivity contribution >= 4 is 11.6 Å². The van der Waals surface area contributed by atoms with Crippen molar-refractivity contribution in [1.82, 2.24) is 4.90 Å². The van der Waals surface area contributed by atoms with Crippen molar-refractivity contribution in [1.29, 1.82) is 0 Å². The Bertz CT molecular complexity index is 665. The SMILES string of the molecule is COc1ccc(CC(=O)N2Cc3ccc(N)cc3C2)cc1. The Morgan fingerprint density at radius 3 is 2.57 bits per heavy atom. The third-order valence-corrected chi connectivity index (χ3v) is 3.82. The van der Waals surface area contributed by atoms with Gasteiger partial charge in [0, 0.05) is 18.8 Å². The first-order valence-electron chi connectivity index (χ1n) is 6.93. The highest BCUT2D eigenvalue weighted by Crippen LogP contribution is 2.25. The molecule has 0 aliphatic carbocycles. The number of nitrogens with two attached hydrogens (primary N) is 1. The van der Waals surface area contributed by atoms with Crippen LogP contribution < -0.4 is 10.5 Å². The normalized spacial score (nSPS) is 13.1. The van der Waals surface area contributed by atoms with Crippen LogP contribution in [0.25, 0.3) is 0 Å². The maximum Gasteiger partial charge on any atom is 0.227 e. The highest BCUT2D eigenvalue weighted by Gasteiger charge is 2.23. The van der Waals surface area contributed by atoms with Crippen molar-refractivity contribution in [2.24, 2.45) is 0 Å². The number of anilines is 1. The van der Waals surface area contributed by atoms with E-state index in [-0.39, 0.29) is 5.91 Å². The molecule has 4 heteroatoms. The molecule has 1 aliphatic rings. The first-order chi connectivity index (χ1) is 10.2. The summed E-state index contributed by atoms with van der Waals surface area (Å²) in [6.45, 7) is 1.32. The number of rotatable bonds is 3. The monoisotopic (exact) mass is 282 g/mol. The van der Waals surface area contributed by atoms with Gasteiger partial charge in [-0.25, -0.2) is 0 Å². The zero-order chi connectivity index (χ0) is 14.8. The van der Waals surface area contributed by atoms with Crippen LogP contribution in [-0.2, 0) is 24.3 Å². The fraction of sp³-hybridized carbons (Fsp3) is 0.235. The molecule has 0 bridgehead atoms. The molecule has 108 valence electrons. The minimum Gasteiger partial charge on any atom is -0.497 e. The van der Waals surface area contributed by atoms with Crippen molar-refractivity contribution in [3.8, 4) is 5.75 Å². The van der Waals surface area contributed by atoms with Crippen LogP contribution in [0.1, 0.15) is 16.7 Å². The Labute approximate surface area is 124 Å². The fourth-order valence-corrected chi connectivity index (χ4v) is 2.62. The van der Waals surface area contributed by atoms with Crippen molar-refractivity contribution in [3.63, 3.8) is 0 Å². The summed E-state index contributed by atoms with van der Waals surface area (Å²) in [6, 6.07) is 13.5. The molecule has 0 saturated carbocycles. The molecule has 0 radical (unpaired) electrons. The summed E-state index contributed by atoms with van der Waals surface area (Å²) in [5.41, 5.74) is 9.87. The lowest BCUT2D eigenvalue weighted by atomic mass is 10.1. The van der Waals surface area contributed by atoms with Gasteiger partial charge in [0.25, 0.3) is 0 Å². The number of ether oxygens (including phenoxy) is 1. The molecule has 2 aromatic rings. The minimum absolute atomic E-state index is 0.134. The topological polar surface area (TPSA) is 55.6 Å². The Morgan fingerprint density at radius 2 is 1.86 bits per heavy atom. The number of carbonyl (C=O) groups excluding carboxylic acids is 1. The van der Waals surface area contributed by atoms with Gasteiger partial charge < -0.3 is 15.4 Å². The lowest BCUT2D eigenvalue weighted by Gasteiger charge is -2.15. The molecule has 0 spiro atoms. The molecule has 0 atom stereocenters. The summed E-state index contributed by atoms with van der Waals surface area (Å²) in [6.07, 6.45) is 0.410. The summed E-state index contributed by atoms with van der Waals surface area (Å²) in [5, 5.41) is 0. The van der Waals surface area contributed by atoms with E-state index in [9.17, 15) is 4.79 Å². The summed E-state index contributed by atoms with van der Waals surface area (Å²) in [4.78, 5) is 14.3. The quantitative estimate of drug-likeness (QED) is 0.879. The molecule has 1 amide bonds. The third-order valence-electron chi connectivity index (χ3n) is 3.82. The number of carbonyl (C=O) groups is 1. The molecule has 2 aromatic carbocycles. The number of amides is 1. The maximum atomic E-state index is 12.4. The van der Waals surface area contributed by atoms with E-state index in [1.807, 2.05) is 47.4 Å². The Morgan fingerprint density at radius 1 is 1.14 bits per heavy atom. The number of hydrogen-bond acceptors (Lipinski definition) is 3. The van der Waals surface area contributed by atoms with Crippen LogP contribution in [0.3, 0.4) is 0 Å². The van der Waals surface area contributed by atoms with Crippen molar-refractivity contribution < 1.29 is 9.53 Å². The van der Waals surface area contributed by atoms with Crippen LogP contribution in [0, 0.1) is 0 Å². The molecule has 0 unspecified atom stereocenters. The fourth-order valence-electron chi connectivity index (χ4n) is 2.62. The van der Waals surface area contributed by atoms with Gasteiger partial charge in [-0.3, -0.25) is 4.79 Å². The molecule has 1 heterocycles. The van der Waals surface area contributed by atoms with Crippen LogP contribution in [0.2, 0.25) is 0 Å². The molecule has 1 aliphatic heterocycles. The van der Waals surface area contributed by atoms with E-state index >= 15 is 0 Å². The Balaban J connectivity index is 1.67. The number of nitrogen functional groups attached to an aromatic ring is 1. The smallest absolute Gasteiger partial charge is 0.227 e. The molecule has 21 heavy (non-hydrogen) atoms. The van der Waals surface area contributed by atoms with Gasteiger partial charge in [-0.1, -0.05) is 18.2 Å². The van der Waals surface area contributed by atoms with E-state index in [0.29, 0.717) is 19.5 Å². The molecule has 0 saturated heterocycles. The third kappa shape index (κ3) is 2.84. The standard InChI is InChI=1S/C17H18N2O2/c1-21-16-6-2-12(3-7-16)8-17(20)19-10-13-4-5-15(18)9-14(13)11-19/h2-7,9H,8,10-11,18H2,1H3. The molecular weight excluding hydrogens is 264 g/mol. The molecule has 3 rings (SSSR count). The number of hydrogen-bond donors (Lipinski definition) is 1. The van der Waals surface area contributed by atoms with Gasteiger partial charge in [0.05, 0.1) is 13.5 Å². The average molecular weight is 282 g/mol. The number of nitrogens with zero attached hydrogens (tertiary/aromatic N) is 1. The second kappa shape index (κ2) is 5.48. The van der Waals surface area contributed by atoms with Crippen molar-refractivity contribution in [3.05, 3.63) is 59.2 Å². The van der Waals surface area contributed by atoms with Crippen LogP contribution >= 0.6 is 0 Å². The Hall–Kier alpha value is -2.49. The van der Waals surface area contributed by atoms with Gasteiger partial charge in [-0.15, -0.1) is 0 Å². The van der Waals surface area contributed by atoms with E-state index in [1.54, 1.807) is 7.11 Å². The number of fused-ring (bicyclic) bond motifs is 1. The average Bonchev–Trinajstić information content (AvgIpc) is 2.91. The molecule has 0 aromatic heterocycles. The lowest BCUT2D eigenvalue weighted by Crippen LogP contribution is -2.26. The van der Waals surface area contributed by atoms with E-state index in [2.05, 4.69) is 0 Å². The largest absolute Gasteiger partial charge is 0.497 e. The van der Waals surface area contributed by atoms with Gasteiger partial charge in [0.1, 0.15) is 5.75 Å². The van der Waals surface area contributed by atoms with Gasteiger partial charge in [-0.05, 0) is 41.0 Å². The van der Waals surface area contributed by atoms with Crippen LogP contribution in [0.5, 0.6) is 5.75 Å². The second-order valence-electron chi connectivity index (χ2n) is 5.30. The number of methoxy groups -OCH3 is 1. The van der Waals surface area contributed by atoms with Gasteiger partial charge in [0.2, 0.25) is 5.91 Å². The van der Waals surface area contributed by atoms with E-state index in [4.69, 9.17) is 10.5 Å². The van der Waals surface area contributed by atoms with Gasteiger partial charge >= 0.3 is 0 Å². The van der Waals surface area contributed by atoms with Gasteiger partial charge in [-0.2, -0.15) is 0 Å².